The van der Waals surface area contributed by atoms with E-state index in [-0.39, 0.29) is 18.2 Å². The van der Waals surface area contributed by atoms with Crippen LogP contribution in [0.4, 0.5) is 0 Å². The van der Waals surface area contributed by atoms with Gasteiger partial charge in [-0.1, -0.05) is 36.8 Å². The van der Waals surface area contributed by atoms with Crippen LogP contribution in [0.3, 0.4) is 0 Å². The maximum atomic E-state index is 3.39. The Morgan fingerprint density at radius 2 is 2.27 bits per heavy atom. The molecule has 0 aliphatic rings. The normalized spacial score (nSPS) is 7.55. The van der Waals surface area contributed by atoms with Crippen LogP contribution < -0.4 is 0 Å². The predicted molar refractivity (Wildman–Crippen MR) is 55.2 cm³/mol. The maximum absolute atomic E-state index is 3.39. The first kappa shape index (κ1) is 11.5. The molecular formula is C9H12BrMg. The van der Waals surface area contributed by atoms with Gasteiger partial charge in [0.05, 0.1) is 0 Å². The summed E-state index contributed by atoms with van der Waals surface area (Å²) in [6.45, 7) is 4.25. The highest BCUT2D eigenvalue weighted by Crippen LogP contribution is 1.91. The fourth-order valence-electron chi connectivity index (χ4n) is 0.483. The van der Waals surface area contributed by atoms with Crippen molar-refractivity contribution in [1.82, 2.24) is 0 Å². The molecule has 0 atom stereocenters. The highest BCUT2D eigenvalue weighted by Gasteiger charge is 1.73. The van der Waals surface area contributed by atoms with Crippen LogP contribution in [0.5, 0.6) is 0 Å². The Morgan fingerprint density at radius 3 is 2.45 bits per heavy atom. The molecule has 11 heavy (non-hydrogen) atoms. The smallest absolute Gasteiger partial charge is 0.307 e. The zero-order valence-corrected chi connectivity index (χ0v) is 10.1. The Morgan fingerprint density at radius 1 is 1.64 bits per heavy atom. The van der Waals surface area contributed by atoms with Gasteiger partial charge in [-0.2, -0.15) is 0 Å². The van der Waals surface area contributed by atoms with E-state index in [1.54, 1.807) is 0 Å². The van der Waals surface area contributed by atoms with Crippen LogP contribution in [0.25, 0.3) is 0 Å². The van der Waals surface area contributed by atoms with Crippen LogP contribution in [0, 0.1) is 13.0 Å². The molecule has 0 unspecified atom stereocenters. The van der Waals surface area contributed by atoms with Gasteiger partial charge >= 0.3 is 18.2 Å². The van der Waals surface area contributed by atoms with Crippen molar-refractivity contribution in [2.24, 2.45) is 0 Å². The molecule has 0 fully saturated rings. The predicted octanol–water partition coefficient (Wildman–Crippen LogP) is 3.23. The molecule has 0 saturated carbocycles. The Balaban J connectivity index is 0.000000218. The molecule has 1 aromatic rings. The van der Waals surface area contributed by atoms with Gasteiger partial charge in [0, 0.05) is 0 Å². The lowest BCUT2D eigenvalue weighted by molar-refractivity contribution is 1.47. The summed E-state index contributed by atoms with van der Waals surface area (Å²) >= 11 is 3.62. The van der Waals surface area contributed by atoms with Crippen molar-refractivity contribution in [3.63, 3.8) is 0 Å². The van der Waals surface area contributed by atoms with Gasteiger partial charge in [0.2, 0.25) is 0 Å². The molecule has 0 amide bonds. The lowest BCUT2D eigenvalue weighted by Gasteiger charge is -1.82. The summed E-state index contributed by atoms with van der Waals surface area (Å²) in [4.78, 5) is 0. The van der Waals surface area contributed by atoms with Crippen molar-refractivity contribution in [3.8, 4) is 0 Å². The molecule has 0 spiro atoms. The summed E-state index contributed by atoms with van der Waals surface area (Å²) in [7, 11) is 0. The van der Waals surface area contributed by atoms with E-state index in [0.717, 1.165) is 0 Å². The third-order valence-electron chi connectivity index (χ3n) is 1.05. The molecule has 0 N–H and O–H groups in total. The van der Waals surface area contributed by atoms with Gasteiger partial charge in [-0.3, -0.25) is 0 Å². The van der Waals surface area contributed by atoms with Crippen molar-refractivity contribution >= 4 is 31.1 Å². The van der Waals surface area contributed by atoms with Gasteiger partial charge in [0.15, 0.2) is 0 Å². The lowest BCUT2D eigenvalue weighted by atomic mass is 10.2. The lowest BCUT2D eigenvalue weighted by Crippen LogP contribution is -1.63. The fourth-order valence-corrected chi connectivity index (χ4v) is 0.483. The number of halogens is 1. The molecule has 0 aliphatic carbocycles. The average molecular weight is 224 g/mol. The van der Waals surface area contributed by atoms with Crippen LogP contribution in [0.2, 0.25) is 4.55 Å². The topological polar surface area (TPSA) is 0 Å². The van der Waals surface area contributed by atoms with E-state index in [1.165, 1.54) is 10.1 Å². The van der Waals surface area contributed by atoms with Crippen molar-refractivity contribution in [2.45, 2.75) is 18.4 Å². The van der Waals surface area contributed by atoms with Gasteiger partial charge < -0.3 is 12.9 Å². The van der Waals surface area contributed by atoms with Gasteiger partial charge in [-0.05, 0) is 13.0 Å². The highest BCUT2D eigenvalue weighted by molar-refractivity contribution is 9.23. The van der Waals surface area contributed by atoms with Crippen molar-refractivity contribution < 1.29 is 0 Å². The van der Waals surface area contributed by atoms with E-state index in [9.17, 15) is 0 Å². The second kappa shape index (κ2) is 8.56. The number of rotatable bonds is 1. The van der Waals surface area contributed by atoms with E-state index < -0.39 is 0 Å². The number of hydrogen-bond acceptors (Lipinski definition) is 0. The molecule has 0 heterocycles. The standard InChI is InChI=1S/C7H7.C2H5.BrH.Mg/c1-7-5-3-2-4-6-7;1-2;;/h2-3,5-6H,1H3;1H2,2H3;1H;/q;;;+1/p-1. The highest BCUT2D eigenvalue weighted by atomic mass is 79.9. The van der Waals surface area contributed by atoms with Crippen molar-refractivity contribution in [1.29, 1.82) is 0 Å². The fraction of sp³-hybridized carbons (Fsp3) is 0.333. The van der Waals surface area contributed by atoms with Crippen LogP contribution in [0.1, 0.15) is 12.5 Å². The van der Waals surface area contributed by atoms with E-state index in [4.69, 9.17) is 0 Å². The maximum Gasteiger partial charge on any atom is 0.468 e. The average Bonchev–Trinajstić information content (AvgIpc) is 2.07. The summed E-state index contributed by atoms with van der Waals surface area (Å²) in [5.74, 6) is 0. The third-order valence-corrected chi connectivity index (χ3v) is 3.81. The zero-order chi connectivity index (χ0) is 8.53. The minimum Gasteiger partial charge on any atom is -0.307 e. The van der Waals surface area contributed by atoms with Crippen LogP contribution in [-0.4, -0.2) is 18.2 Å². The Hall–Kier alpha value is 0.466. The molecule has 0 bridgehead atoms. The SMILES string of the molecule is C[CH2][Mg][Br].Cc1c[c]ccc1. The quantitative estimate of drug-likeness (QED) is 0.643. The van der Waals surface area contributed by atoms with Crippen molar-refractivity contribution in [3.05, 3.63) is 35.9 Å². The molecular weight excluding hydrogens is 212 g/mol. The van der Waals surface area contributed by atoms with Gasteiger partial charge in [0.25, 0.3) is 0 Å². The molecule has 57 valence electrons. The molecule has 0 aromatic heterocycles. The van der Waals surface area contributed by atoms with Crippen LogP contribution in [0.15, 0.2) is 24.3 Å². The summed E-state index contributed by atoms with van der Waals surface area (Å²) in [6, 6.07) is 10.8. The number of aryl methyl sites for hydroxylation is 1. The number of hydrogen-bond donors (Lipinski definition) is 0. The second-order valence-corrected chi connectivity index (χ2v) is 6.03. The molecule has 1 aromatic carbocycles. The van der Waals surface area contributed by atoms with Crippen molar-refractivity contribution in [2.75, 3.05) is 0 Å². The monoisotopic (exact) mass is 223 g/mol. The molecule has 0 aliphatic heterocycles. The van der Waals surface area contributed by atoms with E-state index >= 15 is 0 Å². The second-order valence-electron chi connectivity index (χ2n) is 2.27. The summed E-state index contributed by atoms with van der Waals surface area (Å²) in [5.41, 5.74) is 1.27. The number of benzene rings is 1. The molecule has 1 rings (SSSR count). The van der Waals surface area contributed by atoms with Crippen LogP contribution >= 0.6 is 12.9 Å². The zero-order valence-electron chi connectivity index (χ0n) is 7.10. The van der Waals surface area contributed by atoms with Crippen LogP contribution in [-0.2, 0) is 0 Å². The van der Waals surface area contributed by atoms with Gasteiger partial charge in [-0.25, -0.2) is 0 Å². The minimum atomic E-state index is 0.237. The Kier molecular flexibility index (Phi) is 8.92. The summed E-state index contributed by atoms with van der Waals surface area (Å²) < 4.78 is 1.38. The Labute approximate surface area is 85.0 Å². The molecule has 0 saturated heterocycles. The molecule has 0 nitrogen and oxygen atoms in total. The largest absolute Gasteiger partial charge is 0.468 e. The minimum absolute atomic E-state index is 0.237. The summed E-state index contributed by atoms with van der Waals surface area (Å²) in [5, 5.41) is 0. The van der Waals surface area contributed by atoms with Gasteiger partial charge in [0.1, 0.15) is 0 Å². The van der Waals surface area contributed by atoms with E-state index in [0.29, 0.717) is 0 Å². The first-order valence-electron chi connectivity index (χ1n) is 3.80. The Bertz CT molecular complexity index is 160. The van der Waals surface area contributed by atoms with E-state index in [2.05, 4.69) is 38.9 Å². The summed E-state index contributed by atoms with van der Waals surface area (Å²) in [6.07, 6.45) is 0. The third kappa shape index (κ3) is 8.37. The first-order chi connectivity index (χ1) is 5.31. The molecule has 1 radical (unpaired) electrons. The first-order valence-corrected chi connectivity index (χ1v) is 8.69. The van der Waals surface area contributed by atoms with E-state index in [1.807, 2.05) is 18.2 Å². The molecule has 2 heteroatoms. The van der Waals surface area contributed by atoms with Gasteiger partial charge in [-0.15, -0.1) is 4.55 Å².